The minimum Gasteiger partial charge on any atom is -0.427 e. The highest BCUT2D eigenvalue weighted by atomic mass is 35.5. The van der Waals surface area contributed by atoms with Crippen LogP contribution >= 0.6 is 11.6 Å². The van der Waals surface area contributed by atoms with Gasteiger partial charge in [-0.1, -0.05) is 29.8 Å². The van der Waals surface area contributed by atoms with Crippen molar-refractivity contribution >= 4 is 29.1 Å². The molecule has 0 saturated carbocycles. The molecule has 1 aromatic carbocycles. The Labute approximate surface area is 165 Å². The van der Waals surface area contributed by atoms with Gasteiger partial charge >= 0.3 is 5.97 Å². The Morgan fingerprint density at radius 3 is 2.41 bits per heavy atom. The molecule has 0 N–H and O–H groups in total. The van der Waals surface area contributed by atoms with Crippen LogP contribution in [0.5, 0.6) is 0 Å². The van der Waals surface area contributed by atoms with E-state index in [1.54, 1.807) is 58.9 Å². The van der Waals surface area contributed by atoms with Gasteiger partial charge in [0.25, 0.3) is 5.91 Å². The van der Waals surface area contributed by atoms with Gasteiger partial charge in [0.05, 0.1) is 11.0 Å². The van der Waals surface area contributed by atoms with Crippen molar-refractivity contribution < 1.29 is 23.9 Å². The Morgan fingerprint density at radius 2 is 1.85 bits per heavy atom. The standard InChI is InChI=1S/C20H26ClNO5/c1-7-25-12-26-22-17(23)15(13-10-8-9-11-14(13)21)16(20(22,5)6)27-18(24)19(2,3)4/h8-11H,7,12H2,1-6H3. The monoisotopic (exact) mass is 395 g/mol. The average Bonchev–Trinajstić information content (AvgIpc) is 2.75. The fourth-order valence-electron chi connectivity index (χ4n) is 2.57. The Balaban J connectivity index is 2.54. The van der Waals surface area contributed by atoms with E-state index >= 15 is 0 Å². The van der Waals surface area contributed by atoms with Crippen molar-refractivity contribution in [1.29, 1.82) is 0 Å². The largest absolute Gasteiger partial charge is 0.427 e. The second kappa shape index (κ2) is 8.00. The van der Waals surface area contributed by atoms with E-state index in [-0.39, 0.29) is 18.1 Å². The summed E-state index contributed by atoms with van der Waals surface area (Å²) in [4.78, 5) is 31.3. The highest BCUT2D eigenvalue weighted by Gasteiger charge is 2.50. The van der Waals surface area contributed by atoms with Gasteiger partial charge in [0.1, 0.15) is 11.3 Å². The van der Waals surface area contributed by atoms with E-state index < -0.39 is 22.8 Å². The molecule has 1 heterocycles. The second-order valence-electron chi connectivity index (χ2n) is 7.72. The van der Waals surface area contributed by atoms with Crippen molar-refractivity contribution in [3.8, 4) is 0 Å². The maximum atomic E-state index is 13.1. The summed E-state index contributed by atoms with van der Waals surface area (Å²) in [6, 6.07) is 6.92. The Bertz CT molecular complexity index is 764. The number of carbonyl (C=O) groups excluding carboxylic acids is 2. The number of benzene rings is 1. The zero-order chi connectivity index (χ0) is 20.4. The summed E-state index contributed by atoms with van der Waals surface area (Å²) in [6.07, 6.45) is 0. The molecule has 1 aromatic rings. The number of hydrogen-bond acceptors (Lipinski definition) is 5. The first kappa shape index (κ1) is 21.4. The van der Waals surface area contributed by atoms with E-state index in [1.807, 2.05) is 6.92 Å². The van der Waals surface area contributed by atoms with Crippen molar-refractivity contribution in [1.82, 2.24) is 5.06 Å². The zero-order valence-electron chi connectivity index (χ0n) is 16.6. The summed E-state index contributed by atoms with van der Waals surface area (Å²) in [5, 5.41) is 1.56. The van der Waals surface area contributed by atoms with Crippen LogP contribution in [0.4, 0.5) is 0 Å². The lowest BCUT2D eigenvalue weighted by Gasteiger charge is -2.32. The van der Waals surface area contributed by atoms with Crippen molar-refractivity contribution in [3.63, 3.8) is 0 Å². The van der Waals surface area contributed by atoms with Crippen LogP contribution in [0.1, 0.15) is 47.1 Å². The van der Waals surface area contributed by atoms with Gasteiger partial charge in [-0.15, -0.1) is 0 Å². The van der Waals surface area contributed by atoms with Gasteiger partial charge in [-0.05, 0) is 47.6 Å². The molecule has 148 valence electrons. The van der Waals surface area contributed by atoms with Gasteiger partial charge in [0, 0.05) is 17.2 Å². The molecule has 0 aliphatic carbocycles. The van der Waals surface area contributed by atoms with E-state index in [1.165, 1.54) is 5.06 Å². The summed E-state index contributed by atoms with van der Waals surface area (Å²) < 4.78 is 10.9. The summed E-state index contributed by atoms with van der Waals surface area (Å²) in [5.41, 5.74) is -1.07. The first-order valence-electron chi connectivity index (χ1n) is 8.79. The lowest BCUT2D eigenvalue weighted by atomic mass is 9.95. The van der Waals surface area contributed by atoms with E-state index in [4.69, 9.17) is 25.9 Å². The fraction of sp³-hybridized carbons (Fsp3) is 0.500. The van der Waals surface area contributed by atoms with Gasteiger partial charge in [-0.25, -0.2) is 9.90 Å². The number of halogens is 1. The van der Waals surface area contributed by atoms with Crippen molar-refractivity contribution in [2.24, 2.45) is 5.41 Å². The number of hydroxylamine groups is 2. The Morgan fingerprint density at radius 1 is 1.22 bits per heavy atom. The predicted octanol–water partition coefficient (Wildman–Crippen LogP) is 4.19. The lowest BCUT2D eigenvalue weighted by Crippen LogP contribution is -2.45. The van der Waals surface area contributed by atoms with Crippen molar-refractivity contribution in [2.75, 3.05) is 13.4 Å². The zero-order valence-corrected chi connectivity index (χ0v) is 17.3. The van der Waals surface area contributed by atoms with Crippen LogP contribution in [-0.2, 0) is 23.9 Å². The maximum Gasteiger partial charge on any atom is 0.316 e. The number of carbonyl (C=O) groups is 2. The molecule has 0 radical (unpaired) electrons. The first-order chi connectivity index (χ1) is 12.5. The van der Waals surface area contributed by atoms with Gasteiger partial charge in [0.15, 0.2) is 6.79 Å². The molecule has 0 unspecified atom stereocenters. The van der Waals surface area contributed by atoms with Gasteiger partial charge < -0.3 is 9.47 Å². The summed E-state index contributed by atoms with van der Waals surface area (Å²) in [6.45, 7) is 10.9. The third-order valence-electron chi connectivity index (χ3n) is 4.11. The fourth-order valence-corrected chi connectivity index (χ4v) is 2.80. The average molecular weight is 396 g/mol. The topological polar surface area (TPSA) is 65.1 Å². The maximum absolute atomic E-state index is 13.1. The molecule has 7 heteroatoms. The van der Waals surface area contributed by atoms with Crippen LogP contribution in [0.25, 0.3) is 5.57 Å². The van der Waals surface area contributed by atoms with Gasteiger partial charge in [-0.3, -0.25) is 9.59 Å². The summed E-state index contributed by atoms with van der Waals surface area (Å²) in [7, 11) is 0. The lowest BCUT2D eigenvalue weighted by molar-refractivity contribution is -0.243. The van der Waals surface area contributed by atoms with Crippen LogP contribution in [0.15, 0.2) is 30.0 Å². The van der Waals surface area contributed by atoms with E-state index in [9.17, 15) is 9.59 Å². The molecule has 1 amide bonds. The van der Waals surface area contributed by atoms with Gasteiger partial charge in [-0.2, -0.15) is 0 Å². The third kappa shape index (κ3) is 4.34. The molecular weight excluding hydrogens is 370 g/mol. The van der Waals surface area contributed by atoms with Crippen LogP contribution < -0.4 is 0 Å². The van der Waals surface area contributed by atoms with E-state index in [0.717, 1.165) is 0 Å². The molecule has 0 saturated heterocycles. The Hall–Kier alpha value is -1.89. The second-order valence-corrected chi connectivity index (χ2v) is 8.13. The number of amides is 1. The molecular formula is C20H26ClNO5. The SMILES string of the molecule is CCOCON1C(=O)C(c2ccccc2Cl)=C(OC(=O)C(C)(C)C)C1(C)C. The van der Waals surface area contributed by atoms with E-state index in [0.29, 0.717) is 17.2 Å². The Kier molecular flexibility index (Phi) is 6.35. The molecule has 2 rings (SSSR count). The quantitative estimate of drug-likeness (QED) is 0.410. The van der Waals surface area contributed by atoms with E-state index in [2.05, 4.69) is 0 Å². The van der Waals surface area contributed by atoms with Crippen LogP contribution in [-0.4, -0.2) is 35.9 Å². The van der Waals surface area contributed by atoms with Crippen LogP contribution in [0, 0.1) is 5.41 Å². The molecule has 1 aliphatic heterocycles. The number of nitrogens with zero attached hydrogens (tertiary/aromatic N) is 1. The highest BCUT2D eigenvalue weighted by molar-refractivity contribution is 6.35. The highest BCUT2D eigenvalue weighted by Crippen LogP contribution is 2.43. The molecule has 0 fully saturated rings. The number of ether oxygens (including phenoxy) is 2. The molecule has 0 atom stereocenters. The summed E-state index contributed by atoms with van der Waals surface area (Å²) in [5.74, 6) is -0.684. The summed E-state index contributed by atoms with van der Waals surface area (Å²) >= 11 is 6.32. The molecule has 1 aliphatic rings. The van der Waals surface area contributed by atoms with Crippen molar-refractivity contribution in [2.45, 2.75) is 47.1 Å². The predicted molar refractivity (Wildman–Crippen MR) is 102 cm³/mol. The molecule has 0 aromatic heterocycles. The third-order valence-corrected chi connectivity index (χ3v) is 4.44. The van der Waals surface area contributed by atoms with Crippen LogP contribution in [0.2, 0.25) is 5.02 Å². The number of hydrogen-bond donors (Lipinski definition) is 0. The molecule has 6 nitrogen and oxygen atoms in total. The minimum atomic E-state index is -1.02. The van der Waals surface area contributed by atoms with Crippen LogP contribution in [0.3, 0.4) is 0 Å². The smallest absolute Gasteiger partial charge is 0.316 e. The number of rotatable bonds is 6. The minimum absolute atomic E-state index is 0.0953. The molecule has 0 bridgehead atoms. The first-order valence-corrected chi connectivity index (χ1v) is 9.16. The normalized spacial score (nSPS) is 16.9. The number of esters is 1. The molecule has 0 spiro atoms. The molecule has 27 heavy (non-hydrogen) atoms. The van der Waals surface area contributed by atoms with Gasteiger partial charge in [0.2, 0.25) is 0 Å². The van der Waals surface area contributed by atoms with Crippen molar-refractivity contribution in [3.05, 3.63) is 40.6 Å².